The van der Waals surface area contributed by atoms with Gasteiger partial charge in [-0.05, 0) is 47.2 Å². The largest absolute Gasteiger partial charge is 0.317 e. The molecule has 0 aliphatic rings. The van der Waals surface area contributed by atoms with Gasteiger partial charge in [0.1, 0.15) is 0 Å². The van der Waals surface area contributed by atoms with Gasteiger partial charge >= 0.3 is 0 Å². The van der Waals surface area contributed by atoms with Crippen LogP contribution in [0.3, 0.4) is 0 Å². The van der Waals surface area contributed by atoms with Crippen molar-refractivity contribution in [2.45, 2.75) is 18.8 Å². The Hall–Kier alpha value is -0.600. The van der Waals surface area contributed by atoms with Crippen LogP contribution in [-0.2, 0) is 10.2 Å². The van der Waals surface area contributed by atoms with Crippen molar-refractivity contribution in [2.75, 3.05) is 12.4 Å². The standard InChI is InChI=1S/C13H13ClINO/c1-13(6-7-16-2,12(17)9-14)10-4-3-5-11(15)8-10/h3-5,8H,6-7,9H2,1H3. The first-order valence-electron chi connectivity index (χ1n) is 5.23. The van der Waals surface area contributed by atoms with Crippen molar-refractivity contribution in [1.29, 1.82) is 0 Å². The highest BCUT2D eigenvalue weighted by Crippen LogP contribution is 2.30. The maximum absolute atomic E-state index is 12.0. The van der Waals surface area contributed by atoms with Gasteiger partial charge in [-0.1, -0.05) is 12.1 Å². The van der Waals surface area contributed by atoms with Gasteiger partial charge in [-0.25, -0.2) is 6.57 Å². The molecule has 0 amide bonds. The highest BCUT2D eigenvalue weighted by molar-refractivity contribution is 14.1. The fourth-order valence-electron chi connectivity index (χ4n) is 1.70. The van der Waals surface area contributed by atoms with E-state index in [9.17, 15) is 4.79 Å². The van der Waals surface area contributed by atoms with E-state index in [0.717, 1.165) is 9.13 Å². The summed E-state index contributed by atoms with van der Waals surface area (Å²) in [5.41, 5.74) is 0.298. The lowest BCUT2D eigenvalue weighted by atomic mass is 9.76. The Kier molecular flexibility index (Phi) is 5.41. The number of benzene rings is 1. The summed E-state index contributed by atoms with van der Waals surface area (Å²) in [5, 5.41) is 0. The molecule has 0 aliphatic carbocycles. The number of alkyl halides is 1. The van der Waals surface area contributed by atoms with E-state index in [-0.39, 0.29) is 11.7 Å². The maximum Gasteiger partial charge on any atom is 0.216 e. The van der Waals surface area contributed by atoms with Gasteiger partial charge in [0.05, 0.1) is 11.3 Å². The molecule has 0 spiro atoms. The minimum atomic E-state index is -0.645. The van der Waals surface area contributed by atoms with Crippen LogP contribution in [0.15, 0.2) is 24.3 Å². The molecule has 0 aliphatic heterocycles. The van der Waals surface area contributed by atoms with Crippen LogP contribution in [0.25, 0.3) is 4.85 Å². The second-order valence-electron chi connectivity index (χ2n) is 4.03. The third kappa shape index (κ3) is 3.43. The van der Waals surface area contributed by atoms with E-state index in [4.69, 9.17) is 18.2 Å². The number of nitrogens with zero attached hydrogens (tertiary/aromatic N) is 1. The molecular formula is C13H13ClINO. The quantitative estimate of drug-likeness (QED) is 0.445. The molecule has 0 aromatic heterocycles. The number of carbonyl (C=O) groups excluding carboxylic acids is 1. The Labute approximate surface area is 120 Å². The molecule has 1 unspecified atom stereocenters. The first-order valence-corrected chi connectivity index (χ1v) is 6.84. The van der Waals surface area contributed by atoms with Gasteiger partial charge in [-0.3, -0.25) is 4.79 Å². The summed E-state index contributed by atoms with van der Waals surface area (Å²) in [6.45, 7) is 9.07. The predicted octanol–water partition coefficient (Wildman–Crippen LogP) is 3.67. The van der Waals surface area contributed by atoms with Crippen LogP contribution in [0.5, 0.6) is 0 Å². The summed E-state index contributed by atoms with van der Waals surface area (Å²) in [6, 6.07) is 7.81. The van der Waals surface area contributed by atoms with Gasteiger partial charge in [0, 0.05) is 9.99 Å². The van der Waals surface area contributed by atoms with Crippen molar-refractivity contribution in [3.63, 3.8) is 0 Å². The molecule has 0 saturated heterocycles. The molecular weight excluding hydrogens is 349 g/mol. The number of ketones is 1. The molecule has 1 rings (SSSR count). The Balaban J connectivity index is 3.14. The Morgan fingerprint density at radius 2 is 2.29 bits per heavy atom. The molecule has 0 radical (unpaired) electrons. The fourth-order valence-corrected chi connectivity index (χ4v) is 2.54. The number of hydrogen-bond donors (Lipinski definition) is 0. The number of halogens is 2. The molecule has 17 heavy (non-hydrogen) atoms. The van der Waals surface area contributed by atoms with E-state index in [1.54, 1.807) is 0 Å². The molecule has 1 aromatic rings. The highest BCUT2D eigenvalue weighted by atomic mass is 127. The van der Waals surface area contributed by atoms with E-state index < -0.39 is 5.41 Å². The minimum absolute atomic E-state index is 0.0139. The molecule has 1 aromatic carbocycles. The van der Waals surface area contributed by atoms with E-state index in [0.29, 0.717) is 13.0 Å². The van der Waals surface area contributed by atoms with Gasteiger partial charge in [0.25, 0.3) is 0 Å². The summed E-state index contributed by atoms with van der Waals surface area (Å²) in [6.07, 6.45) is 0.516. The summed E-state index contributed by atoms with van der Waals surface area (Å²) in [7, 11) is 0. The number of hydrogen-bond acceptors (Lipinski definition) is 1. The molecule has 2 nitrogen and oxygen atoms in total. The third-order valence-corrected chi connectivity index (χ3v) is 3.84. The first kappa shape index (κ1) is 14.5. The molecule has 0 N–H and O–H groups in total. The molecule has 0 saturated carbocycles. The van der Waals surface area contributed by atoms with Crippen LogP contribution in [0.2, 0.25) is 0 Å². The van der Waals surface area contributed by atoms with Gasteiger partial charge in [0.2, 0.25) is 6.54 Å². The first-order chi connectivity index (χ1) is 8.04. The Bertz CT molecular complexity index is 455. The zero-order chi connectivity index (χ0) is 12.9. The highest BCUT2D eigenvalue weighted by Gasteiger charge is 2.35. The van der Waals surface area contributed by atoms with Crippen molar-refractivity contribution in [1.82, 2.24) is 0 Å². The topological polar surface area (TPSA) is 21.4 Å². The van der Waals surface area contributed by atoms with Crippen molar-refractivity contribution >= 4 is 40.0 Å². The zero-order valence-electron chi connectivity index (χ0n) is 9.54. The van der Waals surface area contributed by atoms with Crippen molar-refractivity contribution < 1.29 is 4.79 Å². The van der Waals surface area contributed by atoms with Crippen LogP contribution in [0, 0.1) is 10.1 Å². The van der Waals surface area contributed by atoms with Crippen LogP contribution in [0.4, 0.5) is 0 Å². The summed E-state index contributed by atoms with van der Waals surface area (Å²) in [5.74, 6) is -0.0372. The number of carbonyl (C=O) groups is 1. The Morgan fingerprint density at radius 1 is 1.59 bits per heavy atom. The average molecular weight is 362 g/mol. The van der Waals surface area contributed by atoms with Gasteiger partial charge in [-0.2, -0.15) is 0 Å². The fraction of sp³-hybridized carbons (Fsp3) is 0.385. The maximum atomic E-state index is 12.0. The Morgan fingerprint density at radius 3 is 2.82 bits per heavy atom. The van der Waals surface area contributed by atoms with E-state index in [1.165, 1.54) is 0 Å². The van der Waals surface area contributed by atoms with Crippen molar-refractivity contribution in [3.8, 4) is 0 Å². The smallest absolute Gasteiger partial charge is 0.216 e. The minimum Gasteiger partial charge on any atom is -0.317 e. The second-order valence-corrected chi connectivity index (χ2v) is 5.54. The lowest BCUT2D eigenvalue weighted by molar-refractivity contribution is -0.121. The number of Topliss-reactive ketones (excluding diaryl/α,β-unsaturated/α-hetero) is 1. The summed E-state index contributed by atoms with van der Waals surface area (Å²) < 4.78 is 1.08. The lowest BCUT2D eigenvalue weighted by Crippen LogP contribution is -2.34. The monoisotopic (exact) mass is 361 g/mol. The van der Waals surface area contributed by atoms with Gasteiger partial charge in [-0.15, -0.1) is 11.6 Å². The molecule has 0 bridgehead atoms. The van der Waals surface area contributed by atoms with E-state index in [1.807, 2.05) is 31.2 Å². The predicted molar refractivity (Wildman–Crippen MR) is 78.3 cm³/mol. The second kappa shape index (κ2) is 6.36. The molecule has 4 heteroatoms. The average Bonchev–Trinajstić information content (AvgIpc) is 2.34. The van der Waals surface area contributed by atoms with E-state index in [2.05, 4.69) is 27.4 Å². The van der Waals surface area contributed by atoms with Gasteiger partial charge in [0.15, 0.2) is 5.78 Å². The SMILES string of the molecule is [C-]#[N+]CCC(C)(C(=O)CCl)c1cccc(I)c1. The lowest BCUT2D eigenvalue weighted by Gasteiger charge is -2.26. The molecule has 1 atom stereocenters. The van der Waals surface area contributed by atoms with Gasteiger partial charge < -0.3 is 4.85 Å². The summed E-state index contributed by atoms with van der Waals surface area (Å²) >= 11 is 7.89. The summed E-state index contributed by atoms with van der Waals surface area (Å²) in [4.78, 5) is 15.4. The number of rotatable bonds is 5. The molecule has 90 valence electrons. The van der Waals surface area contributed by atoms with Crippen LogP contribution < -0.4 is 0 Å². The van der Waals surface area contributed by atoms with Crippen LogP contribution in [-0.4, -0.2) is 18.2 Å². The van der Waals surface area contributed by atoms with Crippen molar-refractivity contribution in [2.24, 2.45) is 0 Å². The van der Waals surface area contributed by atoms with Crippen LogP contribution >= 0.6 is 34.2 Å². The van der Waals surface area contributed by atoms with Crippen LogP contribution in [0.1, 0.15) is 18.9 Å². The normalized spacial score (nSPS) is 13.8. The molecule has 0 fully saturated rings. The van der Waals surface area contributed by atoms with E-state index >= 15 is 0 Å². The molecule has 0 heterocycles. The zero-order valence-corrected chi connectivity index (χ0v) is 12.5. The third-order valence-electron chi connectivity index (χ3n) is 2.92. The van der Waals surface area contributed by atoms with Crippen molar-refractivity contribution in [3.05, 3.63) is 44.8 Å².